The van der Waals surface area contributed by atoms with Gasteiger partial charge in [0.1, 0.15) is 0 Å². The fraction of sp³-hybridized carbons (Fsp3) is 0.900. The molecule has 3 aliphatic rings. The number of rotatable bonds is 1. The van der Waals surface area contributed by atoms with Gasteiger partial charge < -0.3 is 10.2 Å². The van der Waals surface area contributed by atoms with Crippen LogP contribution in [0, 0.1) is 5.92 Å². The van der Waals surface area contributed by atoms with Crippen molar-refractivity contribution in [1.82, 2.24) is 10.2 Å². The molecule has 0 spiro atoms. The lowest BCUT2D eigenvalue weighted by Gasteiger charge is -2.37. The quantitative estimate of drug-likeness (QED) is 0.642. The Bertz CT molecular complexity index is 416. The van der Waals surface area contributed by atoms with E-state index in [1.54, 1.807) is 0 Å². The SMILES string of the molecule is O=C(C1CC1)N1CCN[C@@H]2CS(=O)(=O)C[C@H]21. The van der Waals surface area contributed by atoms with E-state index in [2.05, 4.69) is 5.32 Å². The molecule has 16 heavy (non-hydrogen) atoms. The number of nitrogens with zero attached hydrogens (tertiary/aromatic N) is 1. The highest BCUT2D eigenvalue weighted by Crippen LogP contribution is 2.33. The normalized spacial score (nSPS) is 37.1. The van der Waals surface area contributed by atoms with E-state index in [0.717, 1.165) is 19.4 Å². The first kappa shape index (κ1) is 10.5. The van der Waals surface area contributed by atoms with Crippen molar-refractivity contribution >= 4 is 15.7 Å². The summed E-state index contributed by atoms with van der Waals surface area (Å²) in [5.41, 5.74) is 0. The standard InChI is InChI=1S/C10H16N2O3S/c13-10(7-1-2-7)12-4-3-11-8-5-16(14,15)6-9(8)12/h7-9,11H,1-6H2/t8-,9-/m1/s1. The van der Waals surface area contributed by atoms with Crippen LogP contribution in [-0.2, 0) is 14.6 Å². The highest BCUT2D eigenvalue weighted by atomic mass is 32.2. The molecule has 90 valence electrons. The van der Waals surface area contributed by atoms with Gasteiger partial charge >= 0.3 is 0 Å². The number of nitrogens with one attached hydrogen (secondary N) is 1. The molecule has 2 aliphatic heterocycles. The van der Waals surface area contributed by atoms with Gasteiger partial charge in [0.15, 0.2) is 9.84 Å². The zero-order chi connectivity index (χ0) is 11.3. The predicted molar refractivity (Wildman–Crippen MR) is 58.7 cm³/mol. The van der Waals surface area contributed by atoms with Crippen LogP contribution in [-0.4, -0.2) is 55.9 Å². The number of fused-ring (bicyclic) bond motifs is 1. The first-order chi connectivity index (χ1) is 7.57. The summed E-state index contributed by atoms with van der Waals surface area (Å²) in [6.07, 6.45) is 1.96. The molecule has 0 aromatic rings. The molecular weight excluding hydrogens is 228 g/mol. The number of sulfone groups is 1. The van der Waals surface area contributed by atoms with Crippen molar-refractivity contribution in [2.45, 2.75) is 24.9 Å². The van der Waals surface area contributed by atoms with Crippen LogP contribution < -0.4 is 5.32 Å². The lowest BCUT2D eigenvalue weighted by molar-refractivity contribution is -0.135. The molecule has 3 fully saturated rings. The van der Waals surface area contributed by atoms with Crippen molar-refractivity contribution in [3.8, 4) is 0 Å². The first-order valence-electron chi connectivity index (χ1n) is 5.81. The van der Waals surface area contributed by atoms with Crippen LogP contribution in [0.25, 0.3) is 0 Å². The molecule has 0 aromatic carbocycles. The second-order valence-electron chi connectivity index (χ2n) is 5.01. The minimum Gasteiger partial charge on any atom is -0.336 e. The van der Waals surface area contributed by atoms with Crippen LogP contribution in [0.15, 0.2) is 0 Å². The van der Waals surface area contributed by atoms with Crippen LogP contribution >= 0.6 is 0 Å². The van der Waals surface area contributed by atoms with Gasteiger partial charge in [-0.1, -0.05) is 0 Å². The van der Waals surface area contributed by atoms with Crippen molar-refractivity contribution < 1.29 is 13.2 Å². The van der Waals surface area contributed by atoms with Gasteiger partial charge in [-0.2, -0.15) is 0 Å². The third-order valence-corrected chi connectivity index (χ3v) is 5.41. The molecule has 2 atom stereocenters. The van der Waals surface area contributed by atoms with E-state index in [-0.39, 0.29) is 35.4 Å². The molecule has 1 saturated carbocycles. The van der Waals surface area contributed by atoms with E-state index in [0.29, 0.717) is 6.54 Å². The largest absolute Gasteiger partial charge is 0.336 e. The number of piperazine rings is 1. The van der Waals surface area contributed by atoms with E-state index in [9.17, 15) is 13.2 Å². The zero-order valence-corrected chi connectivity index (χ0v) is 9.87. The fourth-order valence-corrected chi connectivity index (χ4v) is 4.66. The Morgan fingerprint density at radius 2 is 2.00 bits per heavy atom. The van der Waals surface area contributed by atoms with Gasteiger partial charge in [-0.3, -0.25) is 4.79 Å². The molecule has 1 N–H and O–H groups in total. The summed E-state index contributed by atoms with van der Waals surface area (Å²) >= 11 is 0. The summed E-state index contributed by atoms with van der Waals surface area (Å²) < 4.78 is 23.1. The minimum atomic E-state index is -2.96. The summed E-state index contributed by atoms with van der Waals surface area (Å²) in [4.78, 5) is 13.8. The Labute approximate surface area is 95.1 Å². The average Bonchev–Trinajstić information content (AvgIpc) is 2.98. The molecular formula is C10H16N2O3S. The Balaban J connectivity index is 1.81. The number of hydrogen-bond donors (Lipinski definition) is 1. The Hall–Kier alpha value is -0.620. The van der Waals surface area contributed by atoms with Gasteiger partial charge in [-0.15, -0.1) is 0 Å². The molecule has 3 rings (SSSR count). The summed E-state index contributed by atoms with van der Waals surface area (Å²) in [5.74, 6) is 0.686. The van der Waals surface area contributed by atoms with E-state index < -0.39 is 9.84 Å². The fourth-order valence-electron chi connectivity index (χ4n) is 2.71. The summed E-state index contributed by atoms with van der Waals surface area (Å²) in [5, 5.41) is 3.21. The summed E-state index contributed by atoms with van der Waals surface area (Å²) in [7, 11) is -2.96. The van der Waals surface area contributed by atoms with Crippen molar-refractivity contribution in [3.63, 3.8) is 0 Å². The maximum atomic E-state index is 12.0. The third kappa shape index (κ3) is 1.73. The molecule has 2 heterocycles. The molecule has 2 saturated heterocycles. The number of carbonyl (C=O) groups excluding carboxylic acids is 1. The van der Waals surface area contributed by atoms with Crippen LogP contribution in [0.1, 0.15) is 12.8 Å². The van der Waals surface area contributed by atoms with Crippen molar-refractivity contribution in [1.29, 1.82) is 0 Å². The van der Waals surface area contributed by atoms with Crippen LogP contribution in [0.5, 0.6) is 0 Å². The monoisotopic (exact) mass is 244 g/mol. The molecule has 1 aliphatic carbocycles. The smallest absolute Gasteiger partial charge is 0.226 e. The van der Waals surface area contributed by atoms with Gasteiger partial charge in [0.05, 0.1) is 17.5 Å². The lowest BCUT2D eigenvalue weighted by atomic mass is 10.1. The second-order valence-corrected chi connectivity index (χ2v) is 7.16. The van der Waals surface area contributed by atoms with Gasteiger partial charge in [0, 0.05) is 25.0 Å². The van der Waals surface area contributed by atoms with Gasteiger partial charge in [-0.05, 0) is 12.8 Å². The van der Waals surface area contributed by atoms with E-state index in [4.69, 9.17) is 0 Å². The topological polar surface area (TPSA) is 66.5 Å². The van der Waals surface area contributed by atoms with Gasteiger partial charge in [0.2, 0.25) is 5.91 Å². The number of carbonyl (C=O) groups is 1. The second kappa shape index (κ2) is 3.43. The highest BCUT2D eigenvalue weighted by Gasteiger charge is 2.46. The van der Waals surface area contributed by atoms with E-state index in [1.807, 2.05) is 4.90 Å². The number of hydrogen-bond acceptors (Lipinski definition) is 4. The van der Waals surface area contributed by atoms with Crippen LogP contribution in [0.3, 0.4) is 0 Å². The molecule has 0 bridgehead atoms. The average molecular weight is 244 g/mol. The van der Waals surface area contributed by atoms with Crippen LogP contribution in [0.2, 0.25) is 0 Å². The maximum Gasteiger partial charge on any atom is 0.226 e. The summed E-state index contributed by atoms with van der Waals surface area (Å²) in [6, 6.07) is -0.159. The predicted octanol–water partition coefficient (Wildman–Crippen LogP) is -1.01. The highest BCUT2D eigenvalue weighted by molar-refractivity contribution is 7.91. The zero-order valence-electron chi connectivity index (χ0n) is 9.05. The molecule has 5 nitrogen and oxygen atoms in total. The van der Waals surface area contributed by atoms with Crippen molar-refractivity contribution in [2.75, 3.05) is 24.6 Å². The molecule has 0 aromatic heterocycles. The molecule has 0 radical (unpaired) electrons. The van der Waals surface area contributed by atoms with Crippen molar-refractivity contribution in [3.05, 3.63) is 0 Å². The third-order valence-electron chi connectivity index (χ3n) is 3.69. The van der Waals surface area contributed by atoms with Crippen molar-refractivity contribution in [2.24, 2.45) is 5.92 Å². The minimum absolute atomic E-state index is 0.0403. The van der Waals surface area contributed by atoms with Crippen LogP contribution in [0.4, 0.5) is 0 Å². The van der Waals surface area contributed by atoms with Gasteiger partial charge in [-0.25, -0.2) is 8.42 Å². The van der Waals surface area contributed by atoms with E-state index in [1.165, 1.54) is 0 Å². The molecule has 0 unspecified atom stereocenters. The first-order valence-corrected chi connectivity index (χ1v) is 7.63. The molecule has 6 heteroatoms. The molecule has 1 amide bonds. The maximum absolute atomic E-state index is 12.0. The summed E-state index contributed by atoms with van der Waals surface area (Å²) in [6.45, 7) is 1.38. The Morgan fingerprint density at radius 3 is 2.69 bits per heavy atom. The number of amides is 1. The lowest BCUT2D eigenvalue weighted by Crippen LogP contribution is -2.59. The van der Waals surface area contributed by atoms with E-state index >= 15 is 0 Å². The van der Waals surface area contributed by atoms with Gasteiger partial charge in [0.25, 0.3) is 0 Å². The Morgan fingerprint density at radius 1 is 1.25 bits per heavy atom. The Kier molecular flexibility index (Phi) is 2.26.